The van der Waals surface area contributed by atoms with Gasteiger partial charge in [-0.3, -0.25) is 9.36 Å². The van der Waals surface area contributed by atoms with Crippen LogP contribution in [0.1, 0.15) is 35.9 Å². The Morgan fingerprint density at radius 2 is 1.93 bits per heavy atom. The van der Waals surface area contributed by atoms with Gasteiger partial charge in [-0.1, -0.05) is 23.9 Å². The fraction of sp³-hybridized carbons (Fsp3) is 0.400. The highest BCUT2D eigenvalue weighted by atomic mass is 32.2. The summed E-state index contributed by atoms with van der Waals surface area (Å²) in [6.07, 6.45) is 0. The number of aromatic nitrogens is 2. The third kappa shape index (κ3) is 4.14. The zero-order chi connectivity index (χ0) is 21.5. The molecule has 1 aromatic carbocycles. The molecule has 0 radical (unpaired) electrons. The van der Waals surface area contributed by atoms with E-state index in [2.05, 4.69) is 0 Å². The van der Waals surface area contributed by atoms with Crippen LogP contribution in [0.5, 0.6) is 0 Å². The van der Waals surface area contributed by atoms with Crippen molar-refractivity contribution in [3.8, 4) is 0 Å². The summed E-state index contributed by atoms with van der Waals surface area (Å²) in [4.78, 5) is 20.0. The molecule has 2 heterocycles. The fourth-order valence-electron chi connectivity index (χ4n) is 3.00. The van der Waals surface area contributed by atoms with Crippen LogP contribution in [0.25, 0.3) is 10.2 Å². The van der Waals surface area contributed by atoms with E-state index >= 15 is 0 Å². The van der Waals surface area contributed by atoms with Crippen LogP contribution in [0.15, 0.2) is 39.1 Å². The Kier molecular flexibility index (Phi) is 6.24. The molecule has 0 aliphatic heterocycles. The van der Waals surface area contributed by atoms with Gasteiger partial charge < -0.3 is 0 Å². The number of benzene rings is 1. The maximum Gasteiger partial charge on any atom is 0.263 e. The first-order chi connectivity index (χ1) is 13.5. The second-order valence-electron chi connectivity index (χ2n) is 7.35. The highest BCUT2D eigenvalue weighted by molar-refractivity contribution is 7.98. The lowest BCUT2D eigenvalue weighted by atomic mass is 10.2. The van der Waals surface area contributed by atoms with Gasteiger partial charge in [0.1, 0.15) is 4.83 Å². The van der Waals surface area contributed by atoms with Gasteiger partial charge in [0.25, 0.3) is 5.56 Å². The first-order valence-corrected chi connectivity index (χ1v) is 12.4. The summed E-state index contributed by atoms with van der Waals surface area (Å²) in [6.45, 7) is 7.91. The maximum absolute atomic E-state index is 13.1. The van der Waals surface area contributed by atoms with Crippen molar-refractivity contribution in [1.29, 1.82) is 0 Å². The first kappa shape index (κ1) is 22.0. The number of sulfonamides is 1. The van der Waals surface area contributed by atoms with Crippen molar-refractivity contribution in [2.24, 2.45) is 0 Å². The molecule has 0 saturated heterocycles. The van der Waals surface area contributed by atoms with Gasteiger partial charge in [0.15, 0.2) is 5.16 Å². The van der Waals surface area contributed by atoms with Crippen molar-refractivity contribution < 1.29 is 8.42 Å². The predicted molar refractivity (Wildman–Crippen MR) is 121 cm³/mol. The summed E-state index contributed by atoms with van der Waals surface area (Å²) in [6, 6.07) is 6.87. The van der Waals surface area contributed by atoms with Gasteiger partial charge >= 0.3 is 0 Å². The van der Waals surface area contributed by atoms with Gasteiger partial charge in [-0.05, 0) is 51.0 Å². The molecule has 0 aliphatic rings. The molecule has 29 heavy (non-hydrogen) atoms. The summed E-state index contributed by atoms with van der Waals surface area (Å²) >= 11 is 2.99. The van der Waals surface area contributed by atoms with E-state index in [0.29, 0.717) is 16.3 Å². The minimum Gasteiger partial charge on any atom is -0.284 e. The topological polar surface area (TPSA) is 72.3 Å². The number of aryl methyl sites for hydroxylation is 2. The van der Waals surface area contributed by atoms with Gasteiger partial charge in [0.05, 0.1) is 10.3 Å². The molecule has 0 unspecified atom stereocenters. The molecule has 0 spiro atoms. The molecule has 0 saturated carbocycles. The Bertz CT molecular complexity index is 1220. The third-order valence-corrected chi connectivity index (χ3v) is 8.70. The Balaban J connectivity index is 2.00. The minimum absolute atomic E-state index is 0.0155. The Hall–Kier alpha value is -1.68. The first-order valence-electron chi connectivity index (χ1n) is 9.20. The van der Waals surface area contributed by atoms with Gasteiger partial charge in [-0.2, -0.15) is 0 Å². The Morgan fingerprint density at radius 1 is 1.24 bits per heavy atom. The van der Waals surface area contributed by atoms with E-state index in [-0.39, 0.29) is 16.5 Å². The highest BCUT2D eigenvalue weighted by Gasteiger charge is 2.20. The summed E-state index contributed by atoms with van der Waals surface area (Å²) in [5.41, 5.74) is 1.84. The van der Waals surface area contributed by atoms with Crippen LogP contribution in [0, 0.1) is 13.8 Å². The predicted octanol–water partition coefficient (Wildman–Crippen LogP) is 4.20. The molecule has 3 rings (SSSR count). The molecule has 2 aromatic heterocycles. The molecule has 0 fully saturated rings. The van der Waals surface area contributed by atoms with Gasteiger partial charge in [-0.25, -0.2) is 17.7 Å². The number of thiophene rings is 1. The van der Waals surface area contributed by atoms with E-state index in [1.165, 1.54) is 41.5 Å². The summed E-state index contributed by atoms with van der Waals surface area (Å²) in [5, 5.41) is 1.35. The maximum atomic E-state index is 13.1. The van der Waals surface area contributed by atoms with Crippen LogP contribution in [0.2, 0.25) is 0 Å². The zero-order valence-electron chi connectivity index (χ0n) is 17.4. The molecule has 6 nitrogen and oxygen atoms in total. The molecule has 0 N–H and O–H groups in total. The summed E-state index contributed by atoms with van der Waals surface area (Å²) in [7, 11) is -0.454. The highest BCUT2D eigenvalue weighted by Crippen LogP contribution is 2.31. The van der Waals surface area contributed by atoms with Crippen LogP contribution in [-0.2, 0) is 15.8 Å². The zero-order valence-corrected chi connectivity index (χ0v) is 19.8. The number of thioether (sulfide) groups is 1. The van der Waals surface area contributed by atoms with Crippen molar-refractivity contribution in [2.75, 3.05) is 14.1 Å². The van der Waals surface area contributed by atoms with E-state index in [1.54, 1.807) is 22.8 Å². The van der Waals surface area contributed by atoms with Crippen molar-refractivity contribution >= 4 is 43.3 Å². The summed E-state index contributed by atoms with van der Waals surface area (Å²) in [5.74, 6) is 0.519. The number of nitrogens with zero attached hydrogens (tertiary/aromatic N) is 3. The third-order valence-electron chi connectivity index (χ3n) is 4.76. The van der Waals surface area contributed by atoms with Crippen molar-refractivity contribution in [3.05, 3.63) is 50.6 Å². The van der Waals surface area contributed by atoms with Crippen LogP contribution in [0.4, 0.5) is 0 Å². The smallest absolute Gasteiger partial charge is 0.263 e. The number of hydrogen-bond donors (Lipinski definition) is 0. The lowest BCUT2D eigenvalue weighted by Gasteiger charge is -2.16. The van der Waals surface area contributed by atoms with Crippen LogP contribution in [-0.4, -0.2) is 36.4 Å². The van der Waals surface area contributed by atoms with Crippen molar-refractivity contribution in [3.63, 3.8) is 0 Å². The van der Waals surface area contributed by atoms with E-state index in [4.69, 9.17) is 4.98 Å². The number of hydrogen-bond acceptors (Lipinski definition) is 6. The molecule has 0 bridgehead atoms. The SMILES string of the molecule is Cc1sc2nc(SCc3cccc(S(=O)(=O)N(C)C)c3)n(C(C)C)c(=O)c2c1C. The fourth-order valence-corrected chi connectivity index (χ4v) is 6.11. The van der Waals surface area contributed by atoms with Gasteiger partial charge in [-0.15, -0.1) is 11.3 Å². The Labute approximate surface area is 179 Å². The molecule has 0 amide bonds. The minimum atomic E-state index is -3.49. The van der Waals surface area contributed by atoms with Gasteiger partial charge in [0, 0.05) is 30.8 Å². The van der Waals surface area contributed by atoms with Gasteiger partial charge in [0.2, 0.25) is 10.0 Å². The second kappa shape index (κ2) is 8.22. The van der Waals surface area contributed by atoms with Crippen LogP contribution in [0.3, 0.4) is 0 Å². The molecular formula is C20H25N3O3S3. The van der Waals surface area contributed by atoms with E-state index in [0.717, 1.165) is 20.8 Å². The monoisotopic (exact) mass is 451 g/mol. The standard InChI is InChI=1S/C20H25N3O3S3/c1-12(2)23-19(24)17-13(3)14(4)28-18(17)21-20(23)27-11-15-8-7-9-16(10-15)29(25,26)22(5)6/h7-10,12H,11H2,1-6H3. The molecule has 3 aromatic rings. The summed E-state index contributed by atoms with van der Waals surface area (Å²) < 4.78 is 27.7. The van der Waals surface area contributed by atoms with Crippen molar-refractivity contribution in [2.45, 2.75) is 49.5 Å². The van der Waals surface area contributed by atoms with Crippen LogP contribution >= 0.6 is 23.1 Å². The van der Waals surface area contributed by atoms with E-state index < -0.39 is 10.0 Å². The van der Waals surface area contributed by atoms with Crippen LogP contribution < -0.4 is 5.56 Å². The number of rotatable bonds is 6. The Morgan fingerprint density at radius 3 is 2.55 bits per heavy atom. The molecule has 9 heteroatoms. The second-order valence-corrected chi connectivity index (χ2v) is 11.6. The average molecular weight is 452 g/mol. The van der Waals surface area contributed by atoms with Crippen molar-refractivity contribution in [1.82, 2.24) is 13.9 Å². The van der Waals surface area contributed by atoms with E-state index in [1.807, 2.05) is 33.8 Å². The lowest BCUT2D eigenvalue weighted by molar-refractivity contribution is 0.519. The van der Waals surface area contributed by atoms with E-state index in [9.17, 15) is 13.2 Å². The normalized spacial score (nSPS) is 12.4. The molecule has 156 valence electrons. The quantitative estimate of drug-likeness (QED) is 0.415. The molecular weight excluding hydrogens is 426 g/mol. The number of fused-ring (bicyclic) bond motifs is 1. The average Bonchev–Trinajstić information content (AvgIpc) is 2.93. The molecule has 0 atom stereocenters. The lowest BCUT2D eigenvalue weighted by Crippen LogP contribution is -2.25. The largest absolute Gasteiger partial charge is 0.284 e. The molecule has 0 aliphatic carbocycles.